The number of nitrogens with zero attached hydrogens (tertiary/aromatic N) is 4. The monoisotopic (exact) mass is 348 g/mol. The van der Waals surface area contributed by atoms with E-state index in [0.717, 1.165) is 42.7 Å². The van der Waals surface area contributed by atoms with Crippen molar-refractivity contribution in [2.45, 2.75) is 53.1 Å². The summed E-state index contributed by atoms with van der Waals surface area (Å²) in [4.78, 5) is 9.25. The van der Waals surface area contributed by atoms with Crippen LogP contribution < -0.4 is 10.6 Å². The Morgan fingerprint density at radius 1 is 1.38 bits per heavy atom. The van der Waals surface area contributed by atoms with Crippen LogP contribution in [0.15, 0.2) is 22.8 Å². The van der Waals surface area contributed by atoms with Gasteiger partial charge in [-0.1, -0.05) is 13.8 Å². The Bertz CT molecular complexity index is 643. The molecule has 2 rings (SSSR count). The number of aliphatic imine (C=N–C) groups is 1. The van der Waals surface area contributed by atoms with Crippen LogP contribution in [0, 0.1) is 6.92 Å². The molecule has 0 unspecified atom stereocenters. The zero-order chi connectivity index (χ0) is 17.4. The number of guanidine groups is 1. The molecule has 2 aromatic heterocycles. The van der Waals surface area contributed by atoms with Crippen LogP contribution in [0.2, 0.25) is 0 Å². The van der Waals surface area contributed by atoms with E-state index in [1.54, 1.807) is 11.3 Å². The second-order valence-electron chi connectivity index (χ2n) is 6.08. The molecule has 0 saturated carbocycles. The van der Waals surface area contributed by atoms with Gasteiger partial charge in [0.15, 0.2) is 5.96 Å². The van der Waals surface area contributed by atoms with Crippen LogP contribution >= 0.6 is 11.3 Å². The van der Waals surface area contributed by atoms with Gasteiger partial charge in [-0.2, -0.15) is 5.10 Å². The highest BCUT2D eigenvalue weighted by Gasteiger charge is 2.05. The molecule has 0 fully saturated rings. The number of aryl methyl sites for hydroxylation is 2. The van der Waals surface area contributed by atoms with Gasteiger partial charge in [-0.3, -0.25) is 4.68 Å². The molecule has 2 aromatic rings. The predicted octanol–water partition coefficient (Wildman–Crippen LogP) is 2.92. The lowest BCUT2D eigenvalue weighted by Gasteiger charge is -2.11. The van der Waals surface area contributed by atoms with Crippen molar-refractivity contribution in [2.24, 2.45) is 4.99 Å². The molecule has 0 aliphatic rings. The molecule has 0 aliphatic carbocycles. The van der Waals surface area contributed by atoms with Crippen molar-refractivity contribution in [3.8, 4) is 0 Å². The lowest BCUT2D eigenvalue weighted by Crippen LogP contribution is -2.38. The van der Waals surface area contributed by atoms with Gasteiger partial charge in [0, 0.05) is 31.2 Å². The van der Waals surface area contributed by atoms with E-state index in [1.807, 2.05) is 10.9 Å². The first-order chi connectivity index (χ1) is 11.6. The van der Waals surface area contributed by atoms with E-state index in [0.29, 0.717) is 12.5 Å². The average molecular weight is 349 g/mol. The number of thiazole rings is 1. The SMILES string of the molecule is CCNC(=NCc1nc(C(C)C)cs1)NCCCn1cc(C)cn1. The first kappa shape index (κ1) is 18.4. The molecule has 24 heavy (non-hydrogen) atoms. The largest absolute Gasteiger partial charge is 0.357 e. The van der Waals surface area contributed by atoms with Gasteiger partial charge in [0.25, 0.3) is 0 Å². The van der Waals surface area contributed by atoms with Gasteiger partial charge in [0.05, 0.1) is 18.4 Å². The van der Waals surface area contributed by atoms with Crippen LogP contribution in [0.25, 0.3) is 0 Å². The van der Waals surface area contributed by atoms with Crippen LogP contribution in [-0.4, -0.2) is 33.8 Å². The van der Waals surface area contributed by atoms with Crippen LogP contribution in [0.3, 0.4) is 0 Å². The van der Waals surface area contributed by atoms with E-state index < -0.39 is 0 Å². The summed E-state index contributed by atoms with van der Waals surface area (Å²) in [6.07, 6.45) is 4.95. The van der Waals surface area contributed by atoms with Crippen molar-refractivity contribution in [1.82, 2.24) is 25.4 Å². The Balaban J connectivity index is 1.79. The number of rotatable bonds is 8. The minimum absolute atomic E-state index is 0.469. The summed E-state index contributed by atoms with van der Waals surface area (Å²) in [7, 11) is 0. The van der Waals surface area contributed by atoms with E-state index in [-0.39, 0.29) is 0 Å². The van der Waals surface area contributed by atoms with Gasteiger partial charge in [-0.05, 0) is 31.7 Å². The van der Waals surface area contributed by atoms with Crippen molar-refractivity contribution >= 4 is 17.3 Å². The summed E-state index contributed by atoms with van der Waals surface area (Å²) in [5.41, 5.74) is 2.35. The van der Waals surface area contributed by atoms with E-state index in [1.165, 1.54) is 5.56 Å². The molecular weight excluding hydrogens is 320 g/mol. The molecule has 0 aliphatic heterocycles. The maximum atomic E-state index is 4.62. The lowest BCUT2D eigenvalue weighted by molar-refractivity contribution is 0.570. The smallest absolute Gasteiger partial charge is 0.191 e. The van der Waals surface area contributed by atoms with E-state index in [9.17, 15) is 0 Å². The number of nitrogens with one attached hydrogen (secondary N) is 2. The van der Waals surface area contributed by atoms with Crippen LogP contribution in [0.4, 0.5) is 0 Å². The van der Waals surface area contributed by atoms with Crippen molar-refractivity contribution in [3.63, 3.8) is 0 Å². The molecule has 7 heteroatoms. The summed E-state index contributed by atoms with van der Waals surface area (Å²) >= 11 is 1.68. The van der Waals surface area contributed by atoms with Crippen LogP contribution in [-0.2, 0) is 13.1 Å². The molecule has 0 aromatic carbocycles. The molecule has 2 heterocycles. The summed E-state index contributed by atoms with van der Waals surface area (Å²) in [5.74, 6) is 1.31. The maximum absolute atomic E-state index is 4.62. The topological polar surface area (TPSA) is 67.1 Å². The van der Waals surface area contributed by atoms with E-state index in [2.05, 4.69) is 65.0 Å². The molecule has 0 atom stereocenters. The summed E-state index contributed by atoms with van der Waals surface area (Å²) < 4.78 is 1.98. The van der Waals surface area contributed by atoms with E-state index >= 15 is 0 Å². The molecule has 0 spiro atoms. The van der Waals surface area contributed by atoms with Crippen molar-refractivity contribution in [2.75, 3.05) is 13.1 Å². The Hall–Kier alpha value is -1.89. The first-order valence-corrected chi connectivity index (χ1v) is 9.42. The fraction of sp³-hybridized carbons (Fsp3) is 0.588. The van der Waals surface area contributed by atoms with Crippen LogP contribution in [0.1, 0.15) is 49.4 Å². The normalized spacial score (nSPS) is 12.0. The third kappa shape index (κ3) is 5.96. The summed E-state index contributed by atoms with van der Waals surface area (Å²) in [6, 6.07) is 0. The number of hydrogen-bond donors (Lipinski definition) is 2. The maximum Gasteiger partial charge on any atom is 0.191 e. The van der Waals surface area contributed by atoms with Gasteiger partial charge >= 0.3 is 0 Å². The Labute approximate surface area is 148 Å². The molecule has 0 saturated heterocycles. The highest BCUT2D eigenvalue weighted by atomic mass is 32.1. The quantitative estimate of drug-likeness (QED) is 0.437. The van der Waals surface area contributed by atoms with Gasteiger partial charge in [0.1, 0.15) is 5.01 Å². The van der Waals surface area contributed by atoms with Gasteiger partial charge in [-0.15, -0.1) is 11.3 Å². The second-order valence-corrected chi connectivity index (χ2v) is 7.02. The molecule has 2 N–H and O–H groups in total. The minimum Gasteiger partial charge on any atom is -0.357 e. The molecule has 0 bridgehead atoms. The fourth-order valence-electron chi connectivity index (χ4n) is 2.19. The molecule has 0 amide bonds. The predicted molar refractivity (Wildman–Crippen MR) is 101 cm³/mol. The third-order valence-corrected chi connectivity index (χ3v) is 4.35. The zero-order valence-corrected chi connectivity index (χ0v) is 15.9. The molecule has 132 valence electrons. The highest BCUT2D eigenvalue weighted by molar-refractivity contribution is 7.09. The minimum atomic E-state index is 0.469. The van der Waals surface area contributed by atoms with Gasteiger partial charge in [0.2, 0.25) is 0 Å². The first-order valence-electron chi connectivity index (χ1n) is 8.54. The van der Waals surface area contributed by atoms with Crippen molar-refractivity contribution < 1.29 is 0 Å². The molecule has 0 radical (unpaired) electrons. The van der Waals surface area contributed by atoms with E-state index in [4.69, 9.17) is 0 Å². The van der Waals surface area contributed by atoms with Crippen molar-refractivity contribution in [3.05, 3.63) is 34.0 Å². The van der Waals surface area contributed by atoms with Gasteiger partial charge in [-0.25, -0.2) is 9.98 Å². The van der Waals surface area contributed by atoms with Gasteiger partial charge < -0.3 is 10.6 Å². The fourth-order valence-corrected chi connectivity index (χ4v) is 3.07. The average Bonchev–Trinajstić information content (AvgIpc) is 3.18. The second kappa shape index (κ2) is 9.42. The Kier molecular flexibility index (Phi) is 7.24. The molecular formula is C17H28N6S. The summed E-state index contributed by atoms with van der Waals surface area (Å²) in [5, 5.41) is 14.1. The Morgan fingerprint density at radius 2 is 2.21 bits per heavy atom. The summed E-state index contributed by atoms with van der Waals surface area (Å²) in [6.45, 7) is 11.7. The third-order valence-electron chi connectivity index (χ3n) is 3.50. The zero-order valence-electron chi connectivity index (χ0n) is 15.0. The lowest BCUT2D eigenvalue weighted by atomic mass is 10.2. The molecule has 6 nitrogen and oxygen atoms in total. The standard InChI is InChI=1S/C17H28N6S/c1-5-18-17(19-7-6-8-23-11-14(4)9-21-23)20-10-16-22-15(12-24-16)13(2)3/h9,11-13H,5-8,10H2,1-4H3,(H2,18,19,20). The van der Waals surface area contributed by atoms with Crippen LogP contribution in [0.5, 0.6) is 0 Å². The van der Waals surface area contributed by atoms with Crippen molar-refractivity contribution in [1.29, 1.82) is 0 Å². The highest BCUT2D eigenvalue weighted by Crippen LogP contribution is 2.18. The number of hydrogen-bond acceptors (Lipinski definition) is 4. The Morgan fingerprint density at radius 3 is 2.83 bits per heavy atom. The number of aromatic nitrogens is 3.